The van der Waals surface area contributed by atoms with Crippen molar-refractivity contribution in [2.75, 3.05) is 0 Å². The molecule has 0 aliphatic carbocycles. The number of benzene rings is 2. The maximum Gasteiger partial charge on any atom is 0.139 e. The maximum atomic E-state index is 10.2. The SMILES string of the molecule is Cc1cccc(OCc2cn(C(C)C)c3c(O)cccc23)c1. The molecule has 114 valence electrons. The normalized spacial score (nSPS) is 11.3. The van der Waals surface area contributed by atoms with Gasteiger partial charge in [-0.3, -0.25) is 0 Å². The van der Waals surface area contributed by atoms with Crippen molar-refractivity contribution in [3.8, 4) is 11.5 Å². The van der Waals surface area contributed by atoms with Crippen molar-refractivity contribution in [2.45, 2.75) is 33.4 Å². The number of aromatic nitrogens is 1. The molecule has 1 N–H and O–H groups in total. The molecule has 3 nitrogen and oxygen atoms in total. The van der Waals surface area contributed by atoms with E-state index < -0.39 is 0 Å². The van der Waals surface area contributed by atoms with Crippen LogP contribution < -0.4 is 4.74 Å². The minimum Gasteiger partial charge on any atom is -0.506 e. The highest BCUT2D eigenvalue weighted by atomic mass is 16.5. The van der Waals surface area contributed by atoms with Crippen molar-refractivity contribution >= 4 is 10.9 Å². The highest BCUT2D eigenvalue weighted by molar-refractivity contribution is 5.89. The zero-order valence-electron chi connectivity index (χ0n) is 13.2. The third kappa shape index (κ3) is 2.67. The van der Waals surface area contributed by atoms with E-state index in [4.69, 9.17) is 4.74 Å². The average Bonchev–Trinajstić information content (AvgIpc) is 2.86. The number of phenolic OH excluding ortho intramolecular Hbond substituents is 1. The Morgan fingerprint density at radius 3 is 2.64 bits per heavy atom. The number of rotatable bonds is 4. The Kier molecular flexibility index (Phi) is 3.80. The minimum absolute atomic E-state index is 0.281. The fraction of sp³-hybridized carbons (Fsp3) is 0.263. The summed E-state index contributed by atoms with van der Waals surface area (Å²) in [7, 11) is 0. The third-order valence-corrected chi connectivity index (χ3v) is 3.85. The molecular weight excluding hydrogens is 274 g/mol. The summed E-state index contributed by atoms with van der Waals surface area (Å²) < 4.78 is 8.02. The quantitative estimate of drug-likeness (QED) is 0.749. The summed E-state index contributed by atoms with van der Waals surface area (Å²) in [5.41, 5.74) is 3.14. The molecule has 0 unspecified atom stereocenters. The zero-order chi connectivity index (χ0) is 15.7. The summed E-state index contributed by atoms with van der Waals surface area (Å²) in [6.45, 7) is 6.76. The molecule has 0 aliphatic heterocycles. The van der Waals surface area contributed by atoms with Crippen LogP contribution in [0.4, 0.5) is 0 Å². The summed E-state index contributed by atoms with van der Waals surface area (Å²) in [6.07, 6.45) is 2.07. The molecule has 1 aromatic heterocycles. The molecule has 0 aliphatic rings. The number of phenols is 1. The van der Waals surface area contributed by atoms with Crippen LogP contribution in [0.25, 0.3) is 10.9 Å². The van der Waals surface area contributed by atoms with Crippen LogP contribution in [0.15, 0.2) is 48.7 Å². The van der Waals surface area contributed by atoms with Gasteiger partial charge in [0.05, 0.1) is 5.52 Å². The van der Waals surface area contributed by atoms with Crippen LogP contribution in [0.5, 0.6) is 11.5 Å². The van der Waals surface area contributed by atoms with E-state index in [0.29, 0.717) is 12.4 Å². The zero-order valence-corrected chi connectivity index (χ0v) is 13.2. The van der Waals surface area contributed by atoms with Gasteiger partial charge in [-0.05, 0) is 44.5 Å². The van der Waals surface area contributed by atoms with Crippen LogP contribution in [0.3, 0.4) is 0 Å². The summed E-state index contributed by atoms with van der Waals surface area (Å²) >= 11 is 0. The van der Waals surface area contributed by atoms with E-state index in [-0.39, 0.29) is 6.04 Å². The largest absolute Gasteiger partial charge is 0.506 e. The molecule has 22 heavy (non-hydrogen) atoms. The minimum atomic E-state index is 0.281. The lowest BCUT2D eigenvalue weighted by Gasteiger charge is -2.09. The summed E-state index contributed by atoms with van der Waals surface area (Å²) in [5, 5.41) is 11.2. The van der Waals surface area contributed by atoms with Gasteiger partial charge >= 0.3 is 0 Å². The molecule has 0 bridgehead atoms. The van der Waals surface area contributed by atoms with E-state index >= 15 is 0 Å². The van der Waals surface area contributed by atoms with Gasteiger partial charge in [0.1, 0.15) is 18.1 Å². The first-order valence-electron chi connectivity index (χ1n) is 7.57. The molecular formula is C19H21NO2. The van der Waals surface area contributed by atoms with Crippen molar-refractivity contribution < 1.29 is 9.84 Å². The predicted octanol–water partition coefficient (Wildman–Crippen LogP) is 4.82. The summed E-state index contributed by atoms with van der Waals surface area (Å²) in [4.78, 5) is 0. The molecule has 3 rings (SSSR count). The van der Waals surface area contributed by atoms with Crippen LogP contribution in [0.1, 0.15) is 31.0 Å². The standard InChI is InChI=1S/C19H21NO2/c1-13(2)20-11-15(17-8-5-9-18(21)19(17)20)12-22-16-7-4-6-14(3)10-16/h4-11,13,21H,12H2,1-3H3. The number of hydrogen-bond donors (Lipinski definition) is 1. The van der Waals surface area contributed by atoms with Gasteiger partial charge in [-0.2, -0.15) is 0 Å². The molecule has 0 radical (unpaired) electrons. The Labute approximate surface area is 130 Å². The summed E-state index contributed by atoms with van der Waals surface area (Å²) in [6, 6.07) is 14.0. The van der Waals surface area contributed by atoms with Crippen molar-refractivity contribution in [2.24, 2.45) is 0 Å². The molecule has 0 saturated carbocycles. The van der Waals surface area contributed by atoms with E-state index in [1.165, 1.54) is 5.56 Å². The fourth-order valence-electron chi connectivity index (χ4n) is 2.75. The van der Waals surface area contributed by atoms with E-state index in [1.807, 2.05) is 30.3 Å². The van der Waals surface area contributed by atoms with Crippen LogP contribution in [0.2, 0.25) is 0 Å². The predicted molar refractivity (Wildman–Crippen MR) is 89.5 cm³/mol. The molecule has 0 atom stereocenters. The Hall–Kier alpha value is -2.42. The molecule has 0 fully saturated rings. The Morgan fingerprint density at radius 2 is 1.91 bits per heavy atom. The van der Waals surface area contributed by atoms with Gasteiger partial charge < -0.3 is 14.4 Å². The van der Waals surface area contributed by atoms with E-state index in [9.17, 15) is 5.11 Å². The number of ether oxygens (including phenoxy) is 1. The van der Waals surface area contributed by atoms with Crippen LogP contribution in [0, 0.1) is 6.92 Å². The smallest absolute Gasteiger partial charge is 0.139 e. The van der Waals surface area contributed by atoms with Crippen molar-refractivity contribution in [3.05, 3.63) is 59.8 Å². The lowest BCUT2D eigenvalue weighted by atomic mass is 10.1. The van der Waals surface area contributed by atoms with E-state index in [0.717, 1.165) is 22.2 Å². The van der Waals surface area contributed by atoms with Crippen LogP contribution in [-0.4, -0.2) is 9.67 Å². The number of fused-ring (bicyclic) bond motifs is 1. The molecule has 2 aromatic carbocycles. The third-order valence-electron chi connectivity index (χ3n) is 3.85. The lowest BCUT2D eigenvalue weighted by Crippen LogP contribution is -1.99. The van der Waals surface area contributed by atoms with Gasteiger partial charge in [0, 0.05) is 23.2 Å². The van der Waals surface area contributed by atoms with Gasteiger partial charge in [-0.25, -0.2) is 0 Å². The van der Waals surface area contributed by atoms with Gasteiger partial charge in [-0.15, -0.1) is 0 Å². The topological polar surface area (TPSA) is 34.4 Å². The van der Waals surface area contributed by atoms with Gasteiger partial charge in [0.15, 0.2) is 0 Å². The van der Waals surface area contributed by atoms with Gasteiger partial charge in [0.25, 0.3) is 0 Å². The fourth-order valence-corrected chi connectivity index (χ4v) is 2.75. The maximum absolute atomic E-state index is 10.2. The Morgan fingerprint density at radius 1 is 1.14 bits per heavy atom. The molecule has 0 spiro atoms. The number of para-hydroxylation sites is 1. The highest BCUT2D eigenvalue weighted by Gasteiger charge is 2.14. The van der Waals surface area contributed by atoms with E-state index in [1.54, 1.807) is 6.07 Å². The van der Waals surface area contributed by atoms with Crippen LogP contribution >= 0.6 is 0 Å². The molecule has 1 heterocycles. The van der Waals surface area contributed by atoms with Gasteiger partial charge in [0.2, 0.25) is 0 Å². The van der Waals surface area contributed by atoms with Crippen molar-refractivity contribution in [1.82, 2.24) is 4.57 Å². The molecule has 0 amide bonds. The Balaban J connectivity index is 1.96. The van der Waals surface area contributed by atoms with Crippen molar-refractivity contribution in [1.29, 1.82) is 0 Å². The first-order chi connectivity index (χ1) is 10.6. The number of aromatic hydroxyl groups is 1. The first-order valence-corrected chi connectivity index (χ1v) is 7.57. The molecule has 3 heteroatoms. The monoisotopic (exact) mass is 295 g/mol. The highest BCUT2D eigenvalue weighted by Crippen LogP contribution is 2.32. The second-order valence-corrected chi connectivity index (χ2v) is 5.93. The number of hydrogen-bond acceptors (Lipinski definition) is 2. The molecule has 3 aromatic rings. The second kappa shape index (κ2) is 5.76. The number of nitrogens with zero attached hydrogens (tertiary/aromatic N) is 1. The van der Waals surface area contributed by atoms with Crippen LogP contribution in [-0.2, 0) is 6.61 Å². The lowest BCUT2D eigenvalue weighted by molar-refractivity contribution is 0.307. The van der Waals surface area contributed by atoms with E-state index in [2.05, 4.69) is 37.6 Å². The first kappa shape index (κ1) is 14.5. The van der Waals surface area contributed by atoms with Crippen molar-refractivity contribution in [3.63, 3.8) is 0 Å². The molecule has 0 saturated heterocycles. The van der Waals surface area contributed by atoms with Gasteiger partial charge in [-0.1, -0.05) is 24.3 Å². The average molecular weight is 295 g/mol. The summed E-state index contributed by atoms with van der Waals surface area (Å²) in [5.74, 6) is 1.18. The second-order valence-electron chi connectivity index (χ2n) is 5.93. The number of aryl methyl sites for hydroxylation is 1. The Bertz CT molecular complexity index is 802.